The molecule has 3 N–H and O–H groups in total. The van der Waals surface area contributed by atoms with Crippen LogP contribution in [-0.2, 0) is 0 Å². The van der Waals surface area contributed by atoms with Crippen molar-refractivity contribution in [2.75, 3.05) is 5.73 Å². The van der Waals surface area contributed by atoms with E-state index >= 15 is 0 Å². The molecule has 0 saturated heterocycles. The number of nitrogens with two attached hydrogens (primary N) is 1. The van der Waals surface area contributed by atoms with Crippen LogP contribution < -0.4 is 5.73 Å². The first kappa shape index (κ1) is 15.7. The molecule has 0 aliphatic rings. The summed E-state index contributed by atoms with van der Waals surface area (Å²) < 4.78 is 0. The first-order valence-electron chi connectivity index (χ1n) is 7.85. The Morgan fingerprint density at radius 1 is 1.08 bits per heavy atom. The van der Waals surface area contributed by atoms with Crippen molar-refractivity contribution in [2.45, 2.75) is 13.0 Å². The molecule has 1 aromatic carbocycles. The number of aliphatic hydroxyl groups is 1. The minimum atomic E-state index is -0.702. The van der Waals surface area contributed by atoms with Crippen molar-refractivity contribution in [2.24, 2.45) is 0 Å². The van der Waals surface area contributed by atoms with Crippen molar-refractivity contribution in [1.29, 1.82) is 0 Å². The summed E-state index contributed by atoms with van der Waals surface area (Å²) >= 11 is 1.43. The predicted octanol–water partition coefficient (Wildman–Crippen LogP) is 3.73. The van der Waals surface area contributed by atoms with Crippen LogP contribution in [0.25, 0.3) is 21.6 Å². The van der Waals surface area contributed by atoms with Crippen LogP contribution in [-0.4, -0.2) is 20.1 Å². The fourth-order valence-electron chi connectivity index (χ4n) is 2.71. The van der Waals surface area contributed by atoms with E-state index in [9.17, 15) is 5.11 Å². The molecule has 1 unspecified atom stereocenters. The molecule has 5 nitrogen and oxygen atoms in total. The van der Waals surface area contributed by atoms with E-state index in [2.05, 4.69) is 15.0 Å². The van der Waals surface area contributed by atoms with E-state index in [-0.39, 0.29) is 0 Å². The molecule has 1 atom stereocenters. The van der Waals surface area contributed by atoms with Crippen LogP contribution in [0.3, 0.4) is 0 Å². The van der Waals surface area contributed by atoms with Crippen LogP contribution in [0.5, 0.6) is 0 Å². The van der Waals surface area contributed by atoms with Crippen LogP contribution in [0.4, 0.5) is 5.82 Å². The molecule has 124 valence electrons. The molecule has 25 heavy (non-hydrogen) atoms. The molecule has 3 aromatic heterocycles. The lowest BCUT2D eigenvalue weighted by Gasteiger charge is -2.07. The van der Waals surface area contributed by atoms with Gasteiger partial charge in [-0.1, -0.05) is 30.3 Å². The molecule has 0 aliphatic heterocycles. The van der Waals surface area contributed by atoms with Gasteiger partial charge in [0.15, 0.2) is 5.82 Å². The number of hydrogen-bond acceptors (Lipinski definition) is 6. The number of hydrogen-bond donors (Lipinski definition) is 2. The minimum absolute atomic E-state index is 0.414. The molecule has 0 bridgehead atoms. The smallest absolute Gasteiger partial charge is 0.163 e. The SMILES string of the molecule is Cc1cc(-c2nc(N)c3cc(C(O)c4ccccc4)sc3n2)ccn1. The van der Waals surface area contributed by atoms with Crippen molar-refractivity contribution in [3.05, 3.63) is 70.9 Å². The van der Waals surface area contributed by atoms with E-state index in [1.807, 2.05) is 55.5 Å². The summed E-state index contributed by atoms with van der Waals surface area (Å²) in [5.41, 5.74) is 8.75. The highest BCUT2D eigenvalue weighted by atomic mass is 32.1. The van der Waals surface area contributed by atoms with Crippen LogP contribution in [0, 0.1) is 6.92 Å². The number of rotatable bonds is 3. The quantitative estimate of drug-likeness (QED) is 0.589. The van der Waals surface area contributed by atoms with Crippen molar-refractivity contribution in [3.8, 4) is 11.4 Å². The third-order valence-electron chi connectivity index (χ3n) is 3.98. The monoisotopic (exact) mass is 348 g/mol. The second kappa shape index (κ2) is 6.23. The summed E-state index contributed by atoms with van der Waals surface area (Å²) in [6, 6.07) is 15.2. The van der Waals surface area contributed by atoms with Gasteiger partial charge in [0.1, 0.15) is 16.8 Å². The van der Waals surface area contributed by atoms with Gasteiger partial charge in [0, 0.05) is 22.3 Å². The Morgan fingerprint density at radius 2 is 1.88 bits per heavy atom. The van der Waals surface area contributed by atoms with Gasteiger partial charge in [0.25, 0.3) is 0 Å². The van der Waals surface area contributed by atoms with Crippen LogP contribution in [0.1, 0.15) is 22.2 Å². The molecule has 0 aliphatic carbocycles. The highest BCUT2D eigenvalue weighted by Gasteiger charge is 2.17. The Hall–Kier alpha value is -2.83. The zero-order valence-corrected chi connectivity index (χ0v) is 14.4. The molecule has 0 fully saturated rings. The van der Waals surface area contributed by atoms with Crippen LogP contribution in [0.15, 0.2) is 54.7 Å². The summed E-state index contributed by atoms with van der Waals surface area (Å²) in [6.07, 6.45) is 1.03. The normalized spacial score (nSPS) is 12.4. The lowest BCUT2D eigenvalue weighted by atomic mass is 10.1. The van der Waals surface area contributed by atoms with Crippen molar-refractivity contribution >= 4 is 27.4 Å². The van der Waals surface area contributed by atoms with E-state index in [0.29, 0.717) is 11.6 Å². The predicted molar refractivity (Wildman–Crippen MR) is 100 cm³/mol. The summed E-state index contributed by atoms with van der Waals surface area (Å²) in [6.45, 7) is 1.92. The minimum Gasteiger partial charge on any atom is -0.383 e. The van der Waals surface area contributed by atoms with Gasteiger partial charge in [0.2, 0.25) is 0 Å². The molecule has 6 heteroatoms. The van der Waals surface area contributed by atoms with Crippen molar-refractivity contribution in [1.82, 2.24) is 15.0 Å². The molecule has 0 saturated carbocycles. The maximum atomic E-state index is 10.6. The van der Waals surface area contributed by atoms with Crippen LogP contribution in [0.2, 0.25) is 0 Å². The molecule has 4 rings (SSSR count). The second-order valence-electron chi connectivity index (χ2n) is 5.80. The van der Waals surface area contributed by atoms with Crippen molar-refractivity contribution in [3.63, 3.8) is 0 Å². The fourth-order valence-corrected chi connectivity index (χ4v) is 3.76. The van der Waals surface area contributed by atoms with Gasteiger partial charge < -0.3 is 10.8 Å². The van der Waals surface area contributed by atoms with Gasteiger partial charge in [-0.15, -0.1) is 11.3 Å². The standard InChI is InChI=1S/C19H16N4OS/c1-11-9-13(7-8-21-11)18-22-17(20)14-10-15(25-19(14)23-18)16(24)12-5-3-2-4-6-12/h2-10,16,24H,1H3,(H2,20,22,23). The molecule has 3 heterocycles. The summed E-state index contributed by atoms with van der Waals surface area (Å²) in [4.78, 5) is 14.8. The maximum Gasteiger partial charge on any atom is 0.163 e. The number of benzene rings is 1. The average Bonchev–Trinajstić information content (AvgIpc) is 3.06. The highest BCUT2D eigenvalue weighted by Crippen LogP contribution is 2.35. The Bertz CT molecular complexity index is 1050. The van der Waals surface area contributed by atoms with E-state index in [4.69, 9.17) is 5.73 Å². The largest absolute Gasteiger partial charge is 0.383 e. The van der Waals surface area contributed by atoms with Gasteiger partial charge in [-0.05, 0) is 30.7 Å². The van der Waals surface area contributed by atoms with Gasteiger partial charge >= 0.3 is 0 Å². The molecule has 0 radical (unpaired) electrons. The number of nitrogen functional groups attached to an aromatic ring is 1. The first-order valence-corrected chi connectivity index (χ1v) is 8.66. The topological polar surface area (TPSA) is 84.9 Å². The summed E-state index contributed by atoms with van der Waals surface area (Å²) in [5, 5.41) is 11.4. The second-order valence-corrected chi connectivity index (χ2v) is 6.86. The van der Waals surface area contributed by atoms with Gasteiger partial charge in [-0.3, -0.25) is 4.98 Å². The van der Waals surface area contributed by atoms with E-state index in [1.54, 1.807) is 6.20 Å². The Kier molecular flexibility index (Phi) is 3.91. The number of fused-ring (bicyclic) bond motifs is 1. The lowest BCUT2D eigenvalue weighted by Crippen LogP contribution is -1.97. The number of aromatic nitrogens is 3. The highest BCUT2D eigenvalue weighted by molar-refractivity contribution is 7.18. The summed E-state index contributed by atoms with van der Waals surface area (Å²) in [7, 11) is 0. The maximum absolute atomic E-state index is 10.6. The molecule has 4 aromatic rings. The number of pyridine rings is 1. The van der Waals surface area contributed by atoms with E-state index < -0.39 is 6.10 Å². The summed E-state index contributed by atoms with van der Waals surface area (Å²) in [5.74, 6) is 0.982. The number of thiophene rings is 1. The third kappa shape index (κ3) is 2.97. The molecular formula is C19H16N4OS. The molecular weight excluding hydrogens is 332 g/mol. The van der Waals surface area contributed by atoms with Gasteiger partial charge in [0.05, 0.1) is 5.39 Å². The van der Waals surface area contributed by atoms with Crippen LogP contribution >= 0.6 is 11.3 Å². The fraction of sp³-hybridized carbons (Fsp3) is 0.105. The zero-order chi connectivity index (χ0) is 17.4. The van der Waals surface area contributed by atoms with Crippen molar-refractivity contribution < 1.29 is 5.11 Å². The lowest BCUT2D eigenvalue weighted by molar-refractivity contribution is 0.224. The van der Waals surface area contributed by atoms with E-state index in [0.717, 1.165) is 31.9 Å². The third-order valence-corrected chi connectivity index (χ3v) is 5.06. The first-order chi connectivity index (χ1) is 12.1. The zero-order valence-electron chi connectivity index (χ0n) is 13.5. The average molecular weight is 348 g/mol. The molecule has 0 spiro atoms. The van der Waals surface area contributed by atoms with Gasteiger partial charge in [-0.2, -0.15) is 0 Å². The number of aliphatic hydroxyl groups excluding tert-OH is 1. The molecule has 0 amide bonds. The number of anilines is 1. The Balaban J connectivity index is 1.80. The Labute approximate surface area is 148 Å². The Morgan fingerprint density at radius 3 is 2.64 bits per heavy atom. The van der Waals surface area contributed by atoms with E-state index in [1.165, 1.54) is 11.3 Å². The number of aryl methyl sites for hydroxylation is 1. The van der Waals surface area contributed by atoms with Gasteiger partial charge in [-0.25, -0.2) is 9.97 Å². The number of nitrogens with zero attached hydrogens (tertiary/aromatic N) is 3.